The van der Waals surface area contributed by atoms with Crippen LogP contribution in [0, 0.1) is 5.92 Å². The first-order chi connectivity index (χ1) is 4.74. The zero-order valence-corrected chi connectivity index (χ0v) is 8.53. The van der Waals surface area contributed by atoms with Crippen molar-refractivity contribution in [3.8, 4) is 0 Å². The summed E-state index contributed by atoms with van der Waals surface area (Å²) in [5.74, 6) is 0.456. The van der Waals surface area contributed by atoms with E-state index in [-0.39, 0.29) is 24.8 Å². The fourth-order valence-electron chi connectivity index (χ4n) is 2.16. The topological polar surface area (TPSA) is 49.5 Å². The predicted octanol–water partition coefficient (Wildman–Crippen LogP) is -0.145. The van der Waals surface area contributed by atoms with Gasteiger partial charge in [-0.3, -0.25) is 0 Å². The molecule has 2 aliphatic rings. The number of fused-ring (bicyclic) bond motifs is 2. The van der Waals surface area contributed by atoms with Gasteiger partial charge in [0.1, 0.15) is 0 Å². The van der Waals surface area contributed by atoms with Crippen LogP contribution in [0.3, 0.4) is 0 Å². The average Bonchev–Trinajstić information content (AvgIpc) is 2.46. The summed E-state index contributed by atoms with van der Waals surface area (Å²) in [6.45, 7) is 3.45. The first kappa shape index (κ1) is 12.5. The quantitative estimate of drug-likeness (QED) is 0.639. The molecule has 3 N–H and O–H groups in total. The van der Waals surface area contributed by atoms with Crippen LogP contribution in [0.25, 0.3) is 0 Å². The maximum Gasteiger partial charge on any atom is 0.0936 e. The van der Waals surface area contributed by atoms with Crippen molar-refractivity contribution in [2.45, 2.75) is 12.0 Å². The van der Waals surface area contributed by atoms with E-state index >= 15 is 0 Å². The number of hydrogen-bond acceptors (Lipinski definition) is 3. The standard InChI is InChI=1S/C7H14N2O.2ClH/c8-4-7(10)5-9-2-1-6(7)3-9;;/h6,10H,1-5,8H2;2*1H. The van der Waals surface area contributed by atoms with E-state index in [1.54, 1.807) is 0 Å². The van der Waals surface area contributed by atoms with Crippen LogP contribution in [0.4, 0.5) is 0 Å². The van der Waals surface area contributed by atoms with Crippen LogP contribution in [-0.4, -0.2) is 41.8 Å². The van der Waals surface area contributed by atoms with E-state index in [1.807, 2.05) is 0 Å². The second-order valence-corrected chi connectivity index (χ2v) is 3.53. The van der Waals surface area contributed by atoms with Gasteiger partial charge in [-0.05, 0) is 13.0 Å². The minimum Gasteiger partial charge on any atom is -0.387 e. The molecule has 0 aromatic heterocycles. The molecular formula is C7H16Cl2N2O. The lowest BCUT2D eigenvalue weighted by molar-refractivity contribution is 0.00354. The molecule has 3 unspecified atom stereocenters. The van der Waals surface area contributed by atoms with Crippen molar-refractivity contribution in [2.24, 2.45) is 11.7 Å². The van der Waals surface area contributed by atoms with Crippen LogP contribution >= 0.6 is 24.8 Å². The molecule has 5 heteroatoms. The predicted molar refractivity (Wildman–Crippen MR) is 53.0 cm³/mol. The number of piperidine rings is 1. The molecule has 2 aliphatic heterocycles. The third kappa shape index (κ3) is 1.70. The summed E-state index contributed by atoms with van der Waals surface area (Å²) < 4.78 is 0. The van der Waals surface area contributed by atoms with Crippen molar-refractivity contribution < 1.29 is 5.11 Å². The summed E-state index contributed by atoms with van der Waals surface area (Å²) in [7, 11) is 0. The number of aliphatic hydroxyl groups is 1. The highest BCUT2D eigenvalue weighted by Crippen LogP contribution is 2.35. The van der Waals surface area contributed by atoms with E-state index in [2.05, 4.69) is 4.90 Å². The van der Waals surface area contributed by atoms with Gasteiger partial charge in [0.25, 0.3) is 0 Å². The molecule has 2 rings (SSSR count). The lowest BCUT2D eigenvalue weighted by Gasteiger charge is -2.30. The smallest absolute Gasteiger partial charge is 0.0936 e. The number of hydrogen-bond donors (Lipinski definition) is 2. The molecule has 2 bridgehead atoms. The Bertz CT molecular complexity index is 158. The van der Waals surface area contributed by atoms with Crippen LogP contribution in [0.2, 0.25) is 0 Å². The van der Waals surface area contributed by atoms with E-state index in [4.69, 9.17) is 5.73 Å². The van der Waals surface area contributed by atoms with Gasteiger partial charge in [0.2, 0.25) is 0 Å². The summed E-state index contributed by atoms with van der Waals surface area (Å²) in [6.07, 6.45) is 1.13. The van der Waals surface area contributed by atoms with E-state index < -0.39 is 5.60 Å². The molecule has 2 saturated heterocycles. The third-order valence-corrected chi connectivity index (χ3v) is 2.88. The fraction of sp³-hybridized carbons (Fsp3) is 1.00. The number of halogens is 2. The monoisotopic (exact) mass is 214 g/mol. The molecule has 12 heavy (non-hydrogen) atoms. The molecule has 0 aromatic rings. The maximum atomic E-state index is 9.82. The van der Waals surface area contributed by atoms with E-state index in [0.29, 0.717) is 12.5 Å². The Kier molecular flexibility index (Phi) is 4.27. The molecule has 0 amide bonds. The normalized spacial score (nSPS) is 43.5. The molecule has 3 atom stereocenters. The van der Waals surface area contributed by atoms with Crippen LogP contribution in [-0.2, 0) is 0 Å². The maximum absolute atomic E-state index is 9.82. The Labute approximate surface area is 85.1 Å². The molecule has 2 fully saturated rings. The fourth-order valence-corrected chi connectivity index (χ4v) is 2.16. The first-order valence-corrected chi connectivity index (χ1v) is 3.89. The number of rotatable bonds is 1. The number of nitrogens with zero attached hydrogens (tertiary/aromatic N) is 1. The van der Waals surface area contributed by atoms with E-state index in [0.717, 1.165) is 26.1 Å². The van der Waals surface area contributed by atoms with Crippen LogP contribution < -0.4 is 5.73 Å². The summed E-state index contributed by atoms with van der Waals surface area (Å²) in [6, 6.07) is 0. The SMILES string of the molecule is Cl.Cl.NCC1(O)CN2CCC1C2. The molecule has 3 nitrogen and oxygen atoms in total. The first-order valence-electron chi connectivity index (χ1n) is 3.89. The van der Waals surface area contributed by atoms with Crippen molar-refractivity contribution in [3.63, 3.8) is 0 Å². The Morgan fingerprint density at radius 2 is 2.17 bits per heavy atom. The average molecular weight is 215 g/mol. The Balaban J connectivity index is 0.000000605. The van der Waals surface area contributed by atoms with E-state index in [1.165, 1.54) is 0 Å². The summed E-state index contributed by atoms with van der Waals surface area (Å²) >= 11 is 0. The van der Waals surface area contributed by atoms with Gasteiger partial charge < -0.3 is 15.7 Å². The van der Waals surface area contributed by atoms with Crippen molar-refractivity contribution in [3.05, 3.63) is 0 Å². The molecule has 0 aliphatic carbocycles. The van der Waals surface area contributed by atoms with Gasteiger partial charge in [-0.1, -0.05) is 0 Å². The number of nitrogens with two attached hydrogens (primary N) is 1. The van der Waals surface area contributed by atoms with Gasteiger partial charge in [0.15, 0.2) is 0 Å². The summed E-state index contributed by atoms with van der Waals surface area (Å²) in [5.41, 5.74) is 4.93. The highest BCUT2D eigenvalue weighted by atomic mass is 35.5. The van der Waals surface area contributed by atoms with Crippen LogP contribution in [0.1, 0.15) is 6.42 Å². The molecule has 0 radical (unpaired) electrons. The molecule has 74 valence electrons. The van der Waals surface area contributed by atoms with Crippen LogP contribution in [0.5, 0.6) is 0 Å². The van der Waals surface area contributed by atoms with Crippen molar-refractivity contribution >= 4 is 24.8 Å². The highest BCUT2D eigenvalue weighted by molar-refractivity contribution is 5.85. The minimum atomic E-state index is -0.543. The Morgan fingerprint density at radius 3 is 2.42 bits per heavy atom. The molecule has 0 spiro atoms. The van der Waals surface area contributed by atoms with Gasteiger partial charge >= 0.3 is 0 Å². The minimum absolute atomic E-state index is 0. The molecule has 2 heterocycles. The molecule has 0 aromatic carbocycles. The summed E-state index contributed by atoms with van der Waals surface area (Å²) in [4.78, 5) is 2.29. The lowest BCUT2D eigenvalue weighted by Crippen LogP contribution is -2.48. The summed E-state index contributed by atoms with van der Waals surface area (Å²) in [5, 5.41) is 9.82. The third-order valence-electron chi connectivity index (χ3n) is 2.88. The zero-order chi connectivity index (χ0) is 7.19. The van der Waals surface area contributed by atoms with Crippen molar-refractivity contribution in [2.75, 3.05) is 26.2 Å². The van der Waals surface area contributed by atoms with Gasteiger partial charge in [-0.25, -0.2) is 0 Å². The lowest BCUT2D eigenvalue weighted by atomic mass is 9.88. The van der Waals surface area contributed by atoms with Gasteiger partial charge in [-0.15, -0.1) is 24.8 Å². The Morgan fingerprint density at radius 1 is 1.50 bits per heavy atom. The van der Waals surface area contributed by atoms with E-state index in [9.17, 15) is 5.11 Å². The second kappa shape index (κ2) is 4.11. The van der Waals surface area contributed by atoms with Crippen molar-refractivity contribution in [1.29, 1.82) is 0 Å². The highest BCUT2D eigenvalue weighted by Gasteiger charge is 2.47. The van der Waals surface area contributed by atoms with Gasteiger partial charge in [0, 0.05) is 25.6 Å². The largest absolute Gasteiger partial charge is 0.387 e. The van der Waals surface area contributed by atoms with Crippen LogP contribution in [0.15, 0.2) is 0 Å². The zero-order valence-electron chi connectivity index (χ0n) is 6.90. The Hall–Kier alpha value is 0.460. The van der Waals surface area contributed by atoms with Crippen molar-refractivity contribution in [1.82, 2.24) is 4.90 Å². The molecule has 0 saturated carbocycles. The van der Waals surface area contributed by atoms with Gasteiger partial charge in [-0.2, -0.15) is 0 Å². The van der Waals surface area contributed by atoms with Gasteiger partial charge in [0.05, 0.1) is 5.60 Å². The second-order valence-electron chi connectivity index (χ2n) is 3.53. The molecular weight excluding hydrogens is 199 g/mol.